The van der Waals surface area contributed by atoms with Gasteiger partial charge < -0.3 is 4.80 Å². The third-order valence-electron chi connectivity index (χ3n) is 1.64. The van der Waals surface area contributed by atoms with Crippen molar-refractivity contribution in [3.05, 3.63) is 22.4 Å². The van der Waals surface area contributed by atoms with Gasteiger partial charge in [0.2, 0.25) is 0 Å². The average Bonchev–Trinajstić information content (AvgIpc) is 2.15. The zero-order valence-electron chi connectivity index (χ0n) is 8.90. The zero-order valence-corrected chi connectivity index (χ0v) is 11.5. The van der Waals surface area contributed by atoms with E-state index < -0.39 is 9.20 Å². The molecule has 0 unspecified atom stereocenters. The van der Waals surface area contributed by atoms with Crippen LogP contribution in [0, 0.1) is 0 Å². The number of rotatable bonds is 2. The Balaban J connectivity index is 2.70. The van der Waals surface area contributed by atoms with Crippen LogP contribution in [-0.2, 0) is 0 Å². The van der Waals surface area contributed by atoms with E-state index in [0.717, 1.165) is 0 Å². The Morgan fingerprint density at radius 3 is 2.53 bits per heavy atom. The second-order valence-corrected chi connectivity index (χ2v) is 7.33. The van der Waals surface area contributed by atoms with Crippen LogP contribution in [0.5, 0.6) is 0 Å². The summed E-state index contributed by atoms with van der Waals surface area (Å²) >= 11 is 3.20. The van der Waals surface area contributed by atoms with Crippen LogP contribution in [0.4, 0.5) is 0 Å². The van der Waals surface area contributed by atoms with E-state index in [1.165, 1.54) is 0 Å². The van der Waals surface area contributed by atoms with Crippen LogP contribution < -0.4 is 0 Å². The summed E-state index contributed by atoms with van der Waals surface area (Å²) in [6.45, 7) is 5.89. The topological polar surface area (TPSA) is 58.4 Å². The molecule has 0 aliphatic rings. The molecule has 1 radical (unpaired) electrons. The van der Waals surface area contributed by atoms with Crippen LogP contribution in [-0.4, -0.2) is 30.4 Å². The zero-order chi connectivity index (χ0) is 11.5. The number of nitrogens with zero attached hydrogens (tertiary/aromatic N) is 3. The molecule has 0 saturated carbocycles. The van der Waals surface area contributed by atoms with E-state index in [0.29, 0.717) is 10.3 Å². The average molecular weight is 287 g/mol. The predicted molar refractivity (Wildman–Crippen MR) is 65.0 cm³/mol. The molecule has 1 N–H and O–H groups in total. The predicted octanol–water partition coefficient (Wildman–Crippen LogP) is 1.94. The molecular weight excluding hydrogens is 274 g/mol. The van der Waals surface area contributed by atoms with E-state index in [4.69, 9.17) is 0 Å². The third-order valence-corrected chi connectivity index (χ3v) is 3.78. The molecule has 81 valence electrons. The second-order valence-electron chi connectivity index (χ2n) is 4.11. The van der Waals surface area contributed by atoms with E-state index in [2.05, 4.69) is 30.8 Å². The van der Waals surface area contributed by atoms with Gasteiger partial charge in [-0.05, 0) is 28.1 Å². The Labute approximate surface area is 99.4 Å². The number of halogens is 1. The summed E-state index contributed by atoms with van der Waals surface area (Å²) in [4.78, 5) is 9.75. The van der Waals surface area contributed by atoms with Gasteiger partial charge in [0.25, 0.3) is 0 Å². The molecule has 0 bridgehead atoms. The van der Waals surface area contributed by atoms with Gasteiger partial charge in [-0.25, -0.2) is 0 Å². The fraction of sp³-hybridized carbons (Fsp3) is 0.444. The molecule has 0 atom stereocenters. The molecule has 1 aromatic rings. The molecule has 0 saturated heterocycles. The largest absolute Gasteiger partial charge is 0.413 e. The number of aromatic nitrogens is 2. The van der Waals surface area contributed by atoms with Crippen LogP contribution in [0.15, 0.2) is 21.4 Å². The minimum atomic E-state index is -1.72. The molecule has 0 aliphatic heterocycles. The lowest BCUT2D eigenvalue weighted by Crippen LogP contribution is -2.23. The molecule has 0 spiro atoms. The lowest BCUT2D eigenvalue weighted by molar-refractivity contribution is 0.512. The first-order valence-corrected chi connectivity index (χ1v) is 6.68. The van der Waals surface area contributed by atoms with Crippen molar-refractivity contribution in [3.63, 3.8) is 0 Å². The van der Waals surface area contributed by atoms with E-state index in [-0.39, 0.29) is 5.04 Å². The maximum atomic E-state index is 9.75. The minimum absolute atomic E-state index is 0.163. The van der Waals surface area contributed by atoms with Gasteiger partial charge >= 0.3 is 9.20 Å². The smallest absolute Gasteiger partial charge is 0.363 e. The quantitative estimate of drug-likeness (QED) is 0.668. The van der Waals surface area contributed by atoms with Crippen molar-refractivity contribution in [2.45, 2.75) is 25.8 Å². The Kier molecular flexibility index (Phi) is 4.12. The third kappa shape index (κ3) is 4.19. The number of hydrogen-bond acceptors (Lipinski definition) is 4. The second kappa shape index (κ2) is 4.96. The van der Waals surface area contributed by atoms with Crippen molar-refractivity contribution >= 4 is 31.3 Å². The molecule has 0 aliphatic carbocycles. The normalized spacial score (nSPS) is 12.7. The number of hydrogen-bond donors (Lipinski definition) is 1. The summed E-state index contributed by atoms with van der Waals surface area (Å²) in [5, 5.41) is 7.55. The summed E-state index contributed by atoms with van der Waals surface area (Å²) < 4.78 is 4.80. The molecule has 1 rings (SSSR count). The SMILES string of the molecule is CC(C)(C)[Si](O)/N=C/c1ccc(Br)nn1. The summed E-state index contributed by atoms with van der Waals surface area (Å²) in [5.41, 5.74) is 0.652. The van der Waals surface area contributed by atoms with Crippen molar-refractivity contribution in [2.24, 2.45) is 4.66 Å². The molecule has 4 nitrogen and oxygen atoms in total. The van der Waals surface area contributed by atoms with Gasteiger partial charge in [-0.2, -0.15) is 0 Å². The summed E-state index contributed by atoms with van der Waals surface area (Å²) in [6.07, 6.45) is 1.57. The fourth-order valence-electron chi connectivity index (χ4n) is 0.716. The molecule has 1 aromatic heterocycles. The maximum absolute atomic E-state index is 9.75. The molecule has 0 fully saturated rings. The maximum Gasteiger partial charge on any atom is 0.363 e. The molecule has 1 heterocycles. The summed E-state index contributed by atoms with van der Waals surface area (Å²) in [7, 11) is -1.72. The van der Waals surface area contributed by atoms with Crippen LogP contribution in [0.25, 0.3) is 0 Å². The standard InChI is InChI=1S/C9H13BrN3OSi/c1-9(2,3)15(14)11-6-7-4-5-8(10)13-12-7/h4-6,14H,1-3H3/b11-6+. The van der Waals surface area contributed by atoms with Crippen LogP contribution in [0.1, 0.15) is 26.5 Å². The monoisotopic (exact) mass is 286 g/mol. The Hall–Kier alpha value is -0.593. The highest BCUT2D eigenvalue weighted by molar-refractivity contribution is 9.10. The van der Waals surface area contributed by atoms with Gasteiger partial charge in [-0.15, -0.1) is 10.2 Å². The Morgan fingerprint density at radius 1 is 1.40 bits per heavy atom. The fourth-order valence-corrected chi connectivity index (χ4v) is 1.57. The van der Waals surface area contributed by atoms with Gasteiger partial charge in [-0.3, -0.25) is 4.66 Å². The van der Waals surface area contributed by atoms with Crippen LogP contribution >= 0.6 is 15.9 Å². The first-order chi connectivity index (χ1) is 6.89. The van der Waals surface area contributed by atoms with Crippen molar-refractivity contribution in [1.29, 1.82) is 0 Å². The highest BCUT2D eigenvalue weighted by Crippen LogP contribution is 2.25. The summed E-state index contributed by atoms with van der Waals surface area (Å²) in [5.74, 6) is 0. The van der Waals surface area contributed by atoms with E-state index in [1.54, 1.807) is 18.3 Å². The van der Waals surface area contributed by atoms with Gasteiger partial charge in [0.1, 0.15) is 10.3 Å². The van der Waals surface area contributed by atoms with Gasteiger partial charge in [0.05, 0.1) is 0 Å². The Morgan fingerprint density at radius 2 is 2.07 bits per heavy atom. The highest BCUT2D eigenvalue weighted by Gasteiger charge is 2.25. The van der Waals surface area contributed by atoms with Gasteiger partial charge in [0, 0.05) is 11.3 Å². The van der Waals surface area contributed by atoms with Gasteiger partial charge in [-0.1, -0.05) is 20.8 Å². The van der Waals surface area contributed by atoms with Crippen LogP contribution in [0.2, 0.25) is 5.04 Å². The first kappa shape index (κ1) is 12.5. The Bertz CT molecular complexity index is 347. The van der Waals surface area contributed by atoms with Crippen molar-refractivity contribution in [2.75, 3.05) is 0 Å². The van der Waals surface area contributed by atoms with Crippen molar-refractivity contribution in [1.82, 2.24) is 10.2 Å². The first-order valence-electron chi connectivity index (χ1n) is 4.49. The molecule has 15 heavy (non-hydrogen) atoms. The van der Waals surface area contributed by atoms with Crippen molar-refractivity contribution in [3.8, 4) is 0 Å². The van der Waals surface area contributed by atoms with Gasteiger partial charge in [0.15, 0.2) is 0 Å². The molecular formula is C9H13BrN3OSi. The minimum Gasteiger partial charge on any atom is -0.413 e. The van der Waals surface area contributed by atoms with Crippen LogP contribution in [0.3, 0.4) is 0 Å². The summed E-state index contributed by atoms with van der Waals surface area (Å²) in [6, 6.07) is 3.58. The van der Waals surface area contributed by atoms with E-state index >= 15 is 0 Å². The molecule has 6 heteroatoms. The highest BCUT2D eigenvalue weighted by atomic mass is 79.9. The van der Waals surface area contributed by atoms with Crippen molar-refractivity contribution < 1.29 is 4.80 Å². The molecule has 0 amide bonds. The lowest BCUT2D eigenvalue weighted by Gasteiger charge is -2.17. The van der Waals surface area contributed by atoms with E-state index in [9.17, 15) is 4.80 Å². The lowest BCUT2D eigenvalue weighted by atomic mass is 10.3. The molecule has 0 aromatic carbocycles. The van der Waals surface area contributed by atoms with E-state index in [1.807, 2.05) is 20.8 Å².